The second kappa shape index (κ2) is 7.03. The number of carbonyl (C=O) groups excluding carboxylic acids is 1. The summed E-state index contributed by atoms with van der Waals surface area (Å²) in [6.07, 6.45) is 0.810. The van der Waals surface area contributed by atoms with Crippen LogP contribution in [0.1, 0.15) is 47.4 Å². The highest BCUT2D eigenvalue weighted by Gasteiger charge is 2.13. The molecule has 1 heterocycles. The lowest BCUT2D eigenvalue weighted by Crippen LogP contribution is -2.26. The van der Waals surface area contributed by atoms with E-state index in [0.717, 1.165) is 11.4 Å². The van der Waals surface area contributed by atoms with E-state index < -0.39 is 0 Å². The fraction of sp³-hybridized carbons (Fsp3) is 0.412. The number of amides is 1. The molecule has 0 saturated carbocycles. The summed E-state index contributed by atoms with van der Waals surface area (Å²) in [7, 11) is 0. The summed E-state index contributed by atoms with van der Waals surface area (Å²) in [5, 5.41) is 5.42. The summed E-state index contributed by atoms with van der Waals surface area (Å²) < 4.78 is 0. The van der Waals surface area contributed by atoms with Crippen LogP contribution < -0.4 is 11.1 Å². The van der Waals surface area contributed by atoms with Crippen molar-refractivity contribution in [2.24, 2.45) is 5.73 Å². The number of hydrogen-bond acceptors (Lipinski definition) is 4. The molecule has 4 nitrogen and oxygen atoms in total. The molecule has 0 aliphatic carbocycles. The molecule has 0 radical (unpaired) electrons. The number of thiazole rings is 1. The van der Waals surface area contributed by atoms with Gasteiger partial charge in [0.2, 0.25) is 0 Å². The van der Waals surface area contributed by atoms with Crippen LogP contribution in [0.3, 0.4) is 0 Å². The first-order valence-electron chi connectivity index (χ1n) is 7.42. The topological polar surface area (TPSA) is 68.0 Å². The molecule has 0 atom stereocenters. The lowest BCUT2D eigenvalue weighted by Gasteiger charge is -2.19. The number of hydrogen-bond donors (Lipinski definition) is 2. The van der Waals surface area contributed by atoms with Crippen molar-refractivity contribution in [3.8, 4) is 0 Å². The minimum Gasteiger partial charge on any atom is -0.350 e. The molecule has 3 N–H and O–H groups in total. The zero-order valence-corrected chi connectivity index (χ0v) is 14.2. The third-order valence-corrected chi connectivity index (χ3v) is 4.35. The van der Waals surface area contributed by atoms with Gasteiger partial charge in [0, 0.05) is 18.5 Å². The summed E-state index contributed by atoms with van der Waals surface area (Å²) in [5.41, 5.74) is 8.65. The van der Waals surface area contributed by atoms with Crippen molar-refractivity contribution in [2.75, 3.05) is 6.54 Å². The molecule has 118 valence electrons. The van der Waals surface area contributed by atoms with Gasteiger partial charge in [-0.3, -0.25) is 4.79 Å². The molecule has 0 aliphatic rings. The first kappa shape index (κ1) is 16.6. The van der Waals surface area contributed by atoms with Crippen molar-refractivity contribution < 1.29 is 4.79 Å². The van der Waals surface area contributed by atoms with E-state index >= 15 is 0 Å². The van der Waals surface area contributed by atoms with Gasteiger partial charge in [-0.25, -0.2) is 4.98 Å². The Labute approximate surface area is 135 Å². The smallest absolute Gasteiger partial charge is 0.270 e. The third kappa shape index (κ3) is 4.39. The molecule has 2 rings (SSSR count). The lowest BCUT2D eigenvalue weighted by molar-refractivity contribution is 0.0949. The van der Waals surface area contributed by atoms with Gasteiger partial charge < -0.3 is 11.1 Å². The molecule has 1 aromatic carbocycles. The van der Waals surface area contributed by atoms with Gasteiger partial charge in [-0.15, -0.1) is 11.3 Å². The number of aromatic nitrogens is 1. The molecular weight excluding hydrogens is 294 g/mol. The van der Waals surface area contributed by atoms with E-state index in [1.54, 1.807) is 5.38 Å². The normalized spacial score (nSPS) is 11.5. The first-order valence-corrected chi connectivity index (χ1v) is 8.30. The Kier molecular flexibility index (Phi) is 5.32. The Morgan fingerprint density at radius 3 is 2.50 bits per heavy atom. The highest BCUT2D eigenvalue weighted by Crippen LogP contribution is 2.22. The summed E-state index contributed by atoms with van der Waals surface area (Å²) >= 11 is 1.41. The maximum absolute atomic E-state index is 11.9. The molecule has 0 saturated heterocycles. The van der Waals surface area contributed by atoms with Crippen LogP contribution in [0.2, 0.25) is 0 Å². The fourth-order valence-corrected chi connectivity index (χ4v) is 2.75. The predicted molar refractivity (Wildman–Crippen MR) is 91.2 cm³/mol. The summed E-state index contributed by atoms with van der Waals surface area (Å²) in [4.78, 5) is 16.1. The minimum absolute atomic E-state index is 0.137. The Morgan fingerprint density at radius 2 is 1.95 bits per heavy atom. The van der Waals surface area contributed by atoms with Crippen LogP contribution in [0.4, 0.5) is 0 Å². The van der Waals surface area contributed by atoms with E-state index in [4.69, 9.17) is 5.73 Å². The van der Waals surface area contributed by atoms with Crippen molar-refractivity contribution in [1.29, 1.82) is 0 Å². The largest absolute Gasteiger partial charge is 0.350 e. The Balaban J connectivity index is 1.84. The molecule has 0 fully saturated rings. The van der Waals surface area contributed by atoms with Crippen LogP contribution in [0.5, 0.6) is 0 Å². The van der Waals surface area contributed by atoms with E-state index in [1.165, 1.54) is 22.5 Å². The number of nitrogens with two attached hydrogens (primary N) is 1. The van der Waals surface area contributed by atoms with E-state index in [1.807, 2.05) is 0 Å². The van der Waals surface area contributed by atoms with Gasteiger partial charge in [0.15, 0.2) is 0 Å². The van der Waals surface area contributed by atoms with Crippen LogP contribution in [-0.4, -0.2) is 17.4 Å². The van der Waals surface area contributed by atoms with Crippen molar-refractivity contribution in [3.63, 3.8) is 0 Å². The Morgan fingerprint density at radius 1 is 1.27 bits per heavy atom. The summed E-state index contributed by atoms with van der Waals surface area (Å²) in [6.45, 7) is 7.57. The molecule has 2 aromatic rings. The van der Waals surface area contributed by atoms with Crippen LogP contribution in [0.15, 0.2) is 29.6 Å². The second-order valence-corrected chi connectivity index (χ2v) is 7.23. The molecule has 22 heavy (non-hydrogen) atoms. The fourth-order valence-electron chi connectivity index (χ4n) is 2.09. The zero-order chi connectivity index (χ0) is 16.2. The Bertz CT molecular complexity index is 626. The maximum atomic E-state index is 11.9. The molecule has 0 bridgehead atoms. The highest BCUT2D eigenvalue weighted by molar-refractivity contribution is 7.09. The van der Waals surface area contributed by atoms with Gasteiger partial charge in [-0.1, -0.05) is 45.0 Å². The molecular formula is C17H23N3OS. The standard InChI is InChI=1S/C17H23N3OS/c1-17(2,3)13-6-4-12(5-7-13)8-9-19-16(21)14-11-22-15(10-18)20-14/h4-7,11H,8-10,18H2,1-3H3,(H,19,21). The monoisotopic (exact) mass is 317 g/mol. The number of carbonyl (C=O) groups is 1. The summed E-state index contributed by atoms with van der Waals surface area (Å²) in [6, 6.07) is 8.57. The highest BCUT2D eigenvalue weighted by atomic mass is 32.1. The van der Waals surface area contributed by atoms with Crippen LogP contribution in [0.25, 0.3) is 0 Å². The SMILES string of the molecule is CC(C)(C)c1ccc(CCNC(=O)c2csc(CN)n2)cc1. The predicted octanol–water partition coefficient (Wildman–Crippen LogP) is 2.87. The second-order valence-electron chi connectivity index (χ2n) is 6.28. The van der Waals surface area contributed by atoms with Crippen molar-refractivity contribution >= 4 is 17.2 Å². The van der Waals surface area contributed by atoms with Crippen molar-refractivity contribution in [1.82, 2.24) is 10.3 Å². The number of nitrogens with one attached hydrogen (secondary N) is 1. The van der Waals surface area contributed by atoms with E-state index in [9.17, 15) is 4.79 Å². The third-order valence-electron chi connectivity index (χ3n) is 3.48. The molecule has 0 aliphatic heterocycles. The van der Waals surface area contributed by atoms with Crippen molar-refractivity contribution in [3.05, 3.63) is 51.5 Å². The van der Waals surface area contributed by atoms with Gasteiger partial charge in [0.25, 0.3) is 5.91 Å². The van der Waals surface area contributed by atoms with Gasteiger partial charge in [-0.05, 0) is 23.0 Å². The van der Waals surface area contributed by atoms with Gasteiger partial charge in [-0.2, -0.15) is 0 Å². The zero-order valence-electron chi connectivity index (χ0n) is 13.3. The molecule has 5 heteroatoms. The average Bonchev–Trinajstić information content (AvgIpc) is 2.96. The van der Waals surface area contributed by atoms with E-state index in [0.29, 0.717) is 18.8 Å². The molecule has 1 amide bonds. The maximum Gasteiger partial charge on any atom is 0.270 e. The van der Waals surface area contributed by atoms with Crippen molar-refractivity contribution in [2.45, 2.75) is 39.2 Å². The van der Waals surface area contributed by atoms with Crippen LogP contribution >= 0.6 is 11.3 Å². The molecule has 1 aromatic heterocycles. The van der Waals surface area contributed by atoms with Crippen LogP contribution in [0, 0.1) is 0 Å². The minimum atomic E-state index is -0.137. The lowest BCUT2D eigenvalue weighted by atomic mass is 9.86. The quantitative estimate of drug-likeness (QED) is 0.891. The van der Waals surface area contributed by atoms with Gasteiger partial charge >= 0.3 is 0 Å². The van der Waals surface area contributed by atoms with Crippen LogP contribution in [-0.2, 0) is 18.4 Å². The number of rotatable bonds is 5. The summed E-state index contributed by atoms with van der Waals surface area (Å²) in [5.74, 6) is -0.137. The van der Waals surface area contributed by atoms with E-state index in [-0.39, 0.29) is 11.3 Å². The number of nitrogens with zero attached hydrogens (tertiary/aromatic N) is 1. The number of benzene rings is 1. The molecule has 0 spiro atoms. The van der Waals surface area contributed by atoms with Gasteiger partial charge in [0.05, 0.1) is 0 Å². The van der Waals surface area contributed by atoms with E-state index in [2.05, 4.69) is 55.3 Å². The molecule has 0 unspecified atom stereocenters. The van der Waals surface area contributed by atoms with Gasteiger partial charge in [0.1, 0.15) is 10.7 Å². The first-order chi connectivity index (χ1) is 10.4. The Hall–Kier alpha value is -1.72. The average molecular weight is 317 g/mol.